The zero-order valence-corrected chi connectivity index (χ0v) is 15.1. The van der Waals surface area contributed by atoms with Crippen LogP contribution in [0.15, 0.2) is 22.5 Å². The summed E-state index contributed by atoms with van der Waals surface area (Å²) < 4.78 is 5.98. The third-order valence-corrected chi connectivity index (χ3v) is 6.79. The van der Waals surface area contributed by atoms with Crippen LogP contribution in [-0.2, 0) is 14.3 Å². The van der Waals surface area contributed by atoms with Crippen molar-refractivity contribution in [2.24, 2.45) is 22.7 Å². The lowest BCUT2D eigenvalue weighted by atomic mass is 9.48. The minimum atomic E-state index is -0.524. The van der Waals surface area contributed by atoms with E-state index in [1.165, 1.54) is 0 Å². The number of hydrogen-bond acceptors (Lipinski definition) is 4. The van der Waals surface area contributed by atoms with E-state index in [0.29, 0.717) is 11.1 Å². The van der Waals surface area contributed by atoms with Gasteiger partial charge in [-0.05, 0) is 24.2 Å². The minimum Gasteiger partial charge on any atom is -0.507 e. The van der Waals surface area contributed by atoms with Crippen molar-refractivity contribution in [1.29, 1.82) is 0 Å². The SMILES string of the molecule is CC(C)C1=C(O)C2=C(C(=O)C1=O)C1(C)CCCC(C)(C)C1C1OC21. The number of carbonyl (C=O) groups excluding carboxylic acids is 2. The molecule has 0 bridgehead atoms. The lowest BCUT2D eigenvalue weighted by molar-refractivity contribution is -0.134. The largest absolute Gasteiger partial charge is 0.507 e. The molecule has 1 aliphatic heterocycles. The Morgan fingerprint density at radius 1 is 1.12 bits per heavy atom. The van der Waals surface area contributed by atoms with Gasteiger partial charge in [-0.2, -0.15) is 0 Å². The Hall–Kier alpha value is -1.42. The fourth-order valence-electron chi connectivity index (χ4n) is 5.89. The molecular weight excluding hydrogens is 304 g/mol. The molecule has 1 saturated heterocycles. The summed E-state index contributed by atoms with van der Waals surface area (Å²) >= 11 is 0. The molecule has 0 aromatic heterocycles. The van der Waals surface area contributed by atoms with Crippen molar-refractivity contribution in [3.05, 3.63) is 22.5 Å². The highest BCUT2D eigenvalue weighted by molar-refractivity contribution is 6.50. The number of hydrogen-bond donors (Lipinski definition) is 1. The predicted molar refractivity (Wildman–Crippen MR) is 89.4 cm³/mol. The molecule has 4 nitrogen and oxygen atoms in total. The summed E-state index contributed by atoms with van der Waals surface area (Å²) in [7, 11) is 0. The zero-order chi connectivity index (χ0) is 17.6. The summed E-state index contributed by atoms with van der Waals surface area (Å²) in [6.07, 6.45) is 2.83. The van der Waals surface area contributed by atoms with Gasteiger partial charge in [0, 0.05) is 28.1 Å². The molecule has 4 atom stereocenters. The molecule has 2 fully saturated rings. The minimum absolute atomic E-state index is 0.0140. The van der Waals surface area contributed by atoms with Gasteiger partial charge in [-0.3, -0.25) is 9.59 Å². The molecule has 1 heterocycles. The van der Waals surface area contributed by atoms with Crippen LogP contribution in [0.3, 0.4) is 0 Å². The lowest BCUT2D eigenvalue weighted by Gasteiger charge is -2.53. The predicted octanol–water partition coefficient (Wildman–Crippen LogP) is 3.52. The molecule has 0 aromatic carbocycles. The Morgan fingerprint density at radius 2 is 1.79 bits per heavy atom. The van der Waals surface area contributed by atoms with Crippen molar-refractivity contribution < 1.29 is 19.4 Å². The van der Waals surface area contributed by atoms with Crippen LogP contribution >= 0.6 is 0 Å². The molecule has 0 radical (unpaired) electrons. The number of carbonyl (C=O) groups is 2. The lowest BCUT2D eigenvalue weighted by Crippen LogP contribution is -2.52. The van der Waals surface area contributed by atoms with Crippen molar-refractivity contribution in [2.45, 2.75) is 66.1 Å². The van der Waals surface area contributed by atoms with Gasteiger partial charge in [0.2, 0.25) is 11.6 Å². The fourth-order valence-corrected chi connectivity index (χ4v) is 5.89. The van der Waals surface area contributed by atoms with E-state index in [1.54, 1.807) is 0 Å². The van der Waals surface area contributed by atoms with Crippen LogP contribution in [0.4, 0.5) is 0 Å². The molecule has 24 heavy (non-hydrogen) atoms. The number of aliphatic hydroxyl groups is 1. The second kappa shape index (κ2) is 4.60. The molecule has 1 N–H and O–H groups in total. The van der Waals surface area contributed by atoms with Crippen LogP contribution in [0.2, 0.25) is 0 Å². The maximum atomic E-state index is 13.0. The quantitative estimate of drug-likeness (QED) is 0.454. The topological polar surface area (TPSA) is 66.9 Å². The average Bonchev–Trinajstić information content (AvgIpc) is 3.21. The van der Waals surface area contributed by atoms with Gasteiger partial charge >= 0.3 is 0 Å². The van der Waals surface area contributed by atoms with Gasteiger partial charge in [0.05, 0.1) is 6.10 Å². The first-order valence-corrected chi connectivity index (χ1v) is 9.04. The molecule has 4 rings (SSSR count). The number of epoxide rings is 1. The molecule has 4 unspecified atom stereocenters. The number of allylic oxidation sites excluding steroid dienone is 2. The van der Waals surface area contributed by atoms with E-state index in [2.05, 4.69) is 20.8 Å². The van der Waals surface area contributed by atoms with Gasteiger partial charge in [0.15, 0.2) is 0 Å². The highest BCUT2D eigenvalue weighted by Gasteiger charge is 2.67. The average molecular weight is 330 g/mol. The molecule has 3 aliphatic carbocycles. The molecule has 4 aliphatic rings. The van der Waals surface area contributed by atoms with E-state index in [0.717, 1.165) is 19.3 Å². The molecule has 0 aromatic rings. The molecule has 1 saturated carbocycles. The summed E-state index contributed by atoms with van der Waals surface area (Å²) in [6.45, 7) is 10.3. The summed E-state index contributed by atoms with van der Waals surface area (Å²) in [4.78, 5) is 25.7. The highest BCUT2D eigenvalue weighted by atomic mass is 16.6. The molecular formula is C20H26O4. The van der Waals surface area contributed by atoms with Crippen LogP contribution in [0.25, 0.3) is 0 Å². The Balaban J connectivity index is 1.97. The second-order valence-electron chi connectivity index (χ2n) is 9.12. The molecule has 0 spiro atoms. The Labute approximate surface area is 143 Å². The number of ether oxygens (including phenoxy) is 1. The normalized spacial score (nSPS) is 40.5. The molecule has 130 valence electrons. The Morgan fingerprint density at radius 3 is 2.42 bits per heavy atom. The number of fused-ring (bicyclic) bond motifs is 5. The van der Waals surface area contributed by atoms with Crippen molar-refractivity contribution in [3.63, 3.8) is 0 Å². The first-order valence-electron chi connectivity index (χ1n) is 9.04. The fraction of sp³-hybridized carbons (Fsp3) is 0.700. The van der Waals surface area contributed by atoms with Crippen molar-refractivity contribution >= 4 is 11.6 Å². The van der Waals surface area contributed by atoms with Crippen LogP contribution in [0.5, 0.6) is 0 Å². The van der Waals surface area contributed by atoms with E-state index < -0.39 is 17.0 Å². The third kappa shape index (κ3) is 1.78. The zero-order valence-electron chi connectivity index (χ0n) is 15.1. The van der Waals surface area contributed by atoms with E-state index in [-0.39, 0.29) is 40.8 Å². The van der Waals surface area contributed by atoms with Crippen molar-refractivity contribution in [3.8, 4) is 0 Å². The Kier molecular flexibility index (Phi) is 3.08. The van der Waals surface area contributed by atoms with Gasteiger partial charge < -0.3 is 9.84 Å². The first-order chi connectivity index (χ1) is 11.1. The first kappa shape index (κ1) is 16.1. The monoisotopic (exact) mass is 330 g/mol. The maximum absolute atomic E-state index is 13.0. The molecule has 0 amide bonds. The number of aliphatic hydroxyl groups excluding tert-OH is 1. The summed E-state index contributed by atoms with van der Waals surface area (Å²) in [5.74, 6) is -0.886. The van der Waals surface area contributed by atoms with Crippen LogP contribution in [0, 0.1) is 22.7 Å². The highest BCUT2D eigenvalue weighted by Crippen LogP contribution is 2.66. The van der Waals surface area contributed by atoms with Gasteiger partial charge in [0.25, 0.3) is 0 Å². The Bertz CT molecular complexity index is 724. The van der Waals surface area contributed by atoms with Gasteiger partial charge in [-0.1, -0.05) is 41.0 Å². The summed E-state index contributed by atoms with van der Waals surface area (Å²) in [5, 5.41) is 10.8. The number of Topliss-reactive ketones (excluding diaryl/α,β-unsaturated/α-hetero) is 2. The van der Waals surface area contributed by atoms with E-state index in [1.807, 2.05) is 13.8 Å². The second-order valence-corrected chi connectivity index (χ2v) is 9.12. The number of rotatable bonds is 1. The van der Waals surface area contributed by atoms with E-state index in [4.69, 9.17) is 4.74 Å². The molecule has 4 heteroatoms. The number of ketones is 2. The van der Waals surface area contributed by atoms with E-state index >= 15 is 0 Å². The van der Waals surface area contributed by atoms with Gasteiger partial charge in [0.1, 0.15) is 11.9 Å². The van der Waals surface area contributed by atoms with Crippen LogP contribution in [0.1, 0.15) is 53.9 Å². The maximum Gasteiger partial charge on any atom is 0.233 e. The van der Waals surface area contributed by atoms with E-state index in [9.17, 15) is 14.7 Å². The van der Waals surface area contributed by atoms with Crippen molar-refractivity contribution in [2.75, 3.05) is 0 Å². The van der Waals surface area contributed by atoms with Gasteiger partial charge in [-0.15, -0.1) is 0 Å². The van der Waals surface area contributed by atoms with Crippen molar-refractivity contribution in [1.82, 2.24) is 0 Å². The standard InChI is InChI=1S/C20H26O4/c1-9(2)10-13(21)11-12(15(23)14(10)22)20(5)8-6-7-19(3,4)18(20)17-16(11)24-17/h9,16-18,21H,6-8H2,1-5H3. The smallest absolute Gasteiger partial charge is 0.233 e. The summed E-state index contributed by atoms with van der Waals surface area (Å²) in [5.41, 5.74) is 1.09. The van der Waals surface area contributed by atoms with Crippen LogP contribution in [-0.4, -0.2) is 28.9 Å². The van der Waals surface area contributed by atoms with Gasteiger partial charge in [-0.25, -0.2) is 0 Å². The summed E-state index contributed by atoms with van der Waals surface area (Å²) in [6, 6.07) is 0. The van der Waals surface area contributed by atoms with Crippen LogP contribution < -0.4 is 0 Å². The third-order valence-electron chi connectivity index (χ3n) is 6.79.